The molecule has 0 radical (unpaired) electrons. The van der Waals surface area contributed by atoms with Gasteiger partial charge >= 0.3 is 0 Å². The molecule has 0 bridgehead atoms. The van der Waals surface area contributed by atoms with Crippen LogP contribution in [0.25, 0.3) is 0 Å². The van der Waals surface area contributed by atoms with Crippen molar-refractivity contribution < 1.29 is 4.52 Å². The lowest BCUT2D eigenvalue weighted by molar-refractivity contribution is 0.0916. The largest absolute Gasteiger partial charge is 0.340 e. The normalized spacial score (nSPS) is 25.0. The van der Waals surface area contributed by atoms with Gasteiger partial charge in [-0.25, -0.2) is 0 Å². The maximum atomic E-state index is 5.04. The summed E-state index contributed by atoms with van der Waals surface area (Å²) < 4.78 is 5.04. The SMILES string of the molecule is CCC1CNC(C)(C)CN1CCc1ncno1. The summed E-state index contributed by atoms with van der Waals surface area (Å²) in [6, 6.07) is 0.617. The highest BCUT2D eigenvalue weighted by molar-refractivity contribution is 4.92. The number of piperazine rings is 1. The van der Waals surface area contributed by atoms with E-state index in [1.165, 1.54) is 12.7 Å². The Bertz CT molecular complexity index is 336. The zero-order valence-electron chi connectivity index (χ0n) is 10.9. The second-order valence-corrected chi connectivity index (χ2v) is 5.38. The average Bonchev–Trinajstić information content (AvgIpc) is 2.78. The van der Waals surface area contributed by atoms with Gasteiger partial charge in [0.1, 0.15) is 0 Å². The van der Waals surface area contributed by atoms with Gasteiger partial charge < -0.3 is 9.84 Å². The molecule has 0 aromatic carbocycles. The summed E-state index contributed by atoms with van der Waals surface area (Å²) in [7, 11) is 0. The van der Waals surface area contributed by atoms with Crippen molar-refractivity contribution in [1.29, 1.82) is 0 Å². The van der Waals surface area contributed by atoms with Crippen LogP contribution in [0.5, 0.6) is 0 Å². The van der Waals surface area contributed by atoms with Gasteiger partial charge in [-0.05, 0) is 20.3 Å². The van der Waals surface area contributed by atoms with E-state index in [-0.39, 0.29) is 5.54 Å². The van der Waals surface area contributed by atoms with Crippen LogP contribution in [0.15, 0.2) is 10.9 Å². The molecule has 0 saturated carbocycles. The maximum absolute atomic E-state index is 5.04. The quantitative estimate of drug-likeness (QED) is 0.850. The molecule has 5 nitrogen and oxygen atoms in total. The Morgan fingerprint density at radius 2 is 2.41 bits per heavy atom. The Balaban J connectivity index is 1.91. The first kappa shape index (κ1) is 12.5. The number of nitrogens with zero attached hydrogens (tertiary/aromatic N) is 3. The van der Waals surface area contributed by atoms with E-state index < -0.39 is 0 Å². The zero-order chi connectivity index (χ0) is 12.3. The Hall–Kier alpha value is -0.940. The highest BCUT2D eigenvalue weighted by atomic mass is 16.5. The highest BCUT2D eigenvalue weighted by Crippen LogP contribution is 2.17. The first-order chi connectivity index (χ1) is 8.11. The molecule has 1 aliphatic rings. The lowest BCUT2D eigenvalue weighted by atomic mass is 9.97. The number of aromatic nitrogens is 2. The molecule has 0 amide bonds. The van der Waals surface area contributed by atoms with Crippen molar-refractivity contribution in [3.05, 3.63) is 12.2 Å². The highest BCUT2D eigenvalue weighted by Gasteiger charge is 2.31. The average molecular weight is 238 g/mol. The van der Waals surface area contributed by atoms with Crippen LogP contribution in [0, 0.1) is 0 Å². The third kappa shape index (κ3) is 3.26. The van der Waals surface area contributed by atoms with Crippen LogP contribution in [0.4, 0.5) is 0 Å². The van der Waals surface area contributed by atoms with E-state index in [1.807, 2.05) is 0 Å². The molecule has 2 rings (SSSR count). The van der Waals surface area contributed by atoms with Gasteiger partial charge in [0.05, 0.1) is 0 Å². The number of hydrogen-bond acceptors (Lipinski definition) is 5. The monoisotopic (exact) mass is 238 g/mol. The van der Waals surface area contributed by atoms with Gasteiger partial charge in [-0.1, -0.05) is 12.1 Å². The molecule has 1 aromatic heterocycles. The molecule has 1 fully saturated rings. The van der Waals surface area contributed by atoms with Crippen molar-refractivity contribution in [2.45, 2.75) is 45.2 Å². The van der Waals surface area contributed by atoms with Gasteiger partial charge in [0.25, 0.3) is 0 Å². The van der Waals surface area contributed by atoms with Crippen LogP contribution >= 0.6 is 0 Å². The summed E-state index contributed by atoms with van der Waals surface area (Å²) in [5, 5.41) is 7.23. The standard InChI is InChI=1S/C12H22N4O/c1-4-10-7-14-12(2,3)8-16(10)6-5-11-13-9-15-17-11/h9-10,14H,4-8H2,1-3H3. The fourth-order valence-corrected chi connectivity index (χ4v) is 2.43. The van der Waals surface area contributed by atoms with Crippen LogP contribution in [0.1, 0.15) is 33.1 Å². The number of rotatable bonds is 4. The molecule has 1 atom stereocenters. The molecular weight excluding hydrogens is 216 g/mol. The van der Waals surface area contributed by atoms with E-state index in [2.05, 4.69) is 41.1 Å². The molecule has 0 spiro atoms. The molecule has 1 aromatic rings. The maximum Gasteiger partial charge on any atom is 0.227 e. The molecule has 5 heteroatoms. The summed E-state index contributed by atoms with van der Waals surface area (Å²) in [4.78, 5) is 6.60. The van der Waals surface area contributed by atoms with Gasteiger partial charge in [-0.2, -0.15) is 4.98 Å². The summed E-state index contributed by atoms with van der Waals surface area (Å²) in [5.74, 6) is 0.733. The second-order valence-electron chi connectivity index (χ2n) is 5.38. The molecule has 1 unspecified atom stereocenters. The Kier molecular flexibility index (Phi) is 3.79. The van der Waals surface area contributed by atoms with Crippen LogP contribution in [0.3, 0.4) is 0 Å². The van der Waals surface area contributed by atoms with E-state index in [0.717, 1.165) is 31.9 Å². The van der Waals surface area contributed by atoms with E-state index in [0.29, 0.717) is 6.04 Å². The molecule has 1 aliphatic heterocycles. The Morgan fingerprint density at radius 1 is 1.59 bits per heavy atom. The van der Waals surface area contributed by atoms with Gasteiger partial charge in [-0.3, -0.25) is 4.90 Å². The van der Waals surface area contributed by atoms with Crippen molar-refractivity contribution in [3.8, 4) is 0 Å². The lowest BCUT2D eigenvalue weighted by Crippen LogP contribution is -2.61. The van der Waals surface area contributed by atoms with Crippen molar-refractivity contribution in [2.75, 3.05) is 19.6 Å². The molecule has 96 valence electrons. The van der Waals surface area contributed by atoms with Gasteiger partial charge in [0.2, 0.25) is 5.89 Å². The minimum absolute atomic E-state index is 0.195. The van der Waals surface area contributed by atoms with Gasteiger partial charge in [-0.15, -0.1) is 0 Å². The molecule has 1 N–H and O–H groups in total. The molecule has 2 heterocycles. The first-order valence-corrected chi connectivity index (χ1v) is 6.35. The minimum Gasteiger partial charge on any atom is -0.340 e. The van der Waals surface area contributed by atoms with Crippen molar-refractivity contribution in [3.63, 3.8) is 0 Å². The predicted molar refractivity (Wildman–Crippen MR) is 65.7 cm³/mol. The van der Waals surface area contributed by atoms with E-state index in [9.17, 15) is 0 Å². The third-order valence-corrected chi connectivity index (χ3v) is 3.42. The molecular formula is C12H22N4O. The second kappa shape index (κ2) is 5.14. The smallest absolute Gasteiger partial charge is 0.227 e. The lowest BCUT2D eigenvalue weighted by Gasteiger charge is -2.44. The summed E-state index contributed by atoms with van der Waals surface area (Å²) in [5.41, 5.74) is 0.195. The zero-order valence-corrected chi connectivity index (χ0v) is 10.9. The summed E-state index contributed by atoms with van der Waals surface area (Å²) in [6.07, 6.45) is 3.48. The van der Waals surface area contributed by atoms with Crippen LogP contribution in [0.2, 0.25) is 0 Å². The van der Waals surface area contributed by atoms with Crippen LogP contribution in [-0.2, 0) is 6.42 Å². The summed E-state index contributed by atoms with van der Waals surface area (Å²) >= 11 is 0. The summed E-state index contributed by atoms with van der Waals surface area (Å²) in [6.45, 7) is 9.86. The van der Waals surface area contributed by atoms with E-state index >= 15 is 0 Å². The molecule has 1 saturated heterocycles. The molecule has 0 aliphatic carbocycles. The fourth-order valence-electron chi connectivity index (χ4n) is 2.43. The van der Waals surface area contributed by atoms with E-state index in [4.69, 9.17) is 4.52 Å². The van der Waals surface area contributed by atoms with Crippen molar-refractivity contribution in [2.24, 2.45) is 0 Å². The first-order valence-electron chi connectivity index (χ1n) is 6.35. The van der Waals surface area contributed by atoms with Crippen molar-refractivity contribution >= 4 is 0 Å². The van der Waals surface area contributed by atoms with Crippen molar-refractivity contribution in [1.82, 2.24) is 20.4 Å². The topological polar surface area (TPSA) is 54.2 Å². The number of nitrogens with one attached hydrogen (secondary N) is 1. The van der Waals surface area contributed by atoms with Gasteiger partial charge in [0, 0.05) is 37.6 Å². The Labute approximate surface area is 103 Å². The van der Waals surface area contributed by atoms with E-state index in [1.54, 1.807) is 0 Å². The van der Waals surface area contributed by atoms with Crippen LogP contribution < -0.4 is 5.32 Å². The van der Waals surface area contributed by atoms with Gasteiger partial charge in [0.15, 0.2) is 6.33 Å². The number of hydrogen-bond donors (Lipinski definition) is 1. The van der Waals surface area contributed by atoms with Crippen LogP contribution in [-0.4, -0.2) is 46.3 Å². The minimum atomic E-state index is 0.195. The molecule has 17 heavy (non-hydrogen) atoms. The fraction of sp³-hybridized carbons (Fsp3) is 0.833. The Morgan fingerprint density at radius 3 is 3.06 bits per heavy atom. The predicted octanol–water partition coefficient (Wildman–Crippen LogP) is 1.07. The third-order valence-electron chi connectivity index (χ3n) is 3.42.